The molecular formula is C13H15Cl2NO2. The Hall–Kier alpha value is -0.770. The second kappa shape index (κ2) is 5.91. The van der Waals surface area contributed by atoms with Crippen molar-refractivity contribution in [2.24, 2.45) is 0 Å². The first-order valence-electron chi connectivity index (χ1n) is 5.96. The second-order valence-electron chi connectivity index (χ2n) is 4.56. The van der Waals surface area contributed by atoms with Gasteiger partial charge < -0.3 is 10.0 Å². The first kappa shape index (κ1) is 13.7. The van der Waals surface area contributed by atoms with Gasteiger partial charge in [0.05, 0.1) is 22.6 Å². The molecule has 2 rings (SSSR count). The van der Waals surface area contributed by atoms with Crippen LogP contribution in [0.25, 0.3) is 0 Å². The van der Waals surface area contributed by atoms with Crippen molar-refractivity contribution >= 4 is 29.1 Å². The molecule has 3 nitrogen and oxygen atoms in total. The molecule has 0 radical (unpaired) electrons. The van der Waals surface area contributed by atoms with Crippen LogP contribution in [0, 0.1) is 0 Å². The molecule has 18 heavy (non-hydrogen) atoms. The molecule has 1 heterocycles. The molecule has 1 aromatic carbocycles. The highest BCUT2D eigenvalue weighted by Crippen LogP contribution is 2.23. The largest absolute Gasteiger partial charge is 0.391 e. The highest BCUT2D eigenvalue weighted by atomic mass is 35.5. The number of β-amino-alcohol motifs (C(OH)–C–C–N with tert-alkyl or cyclic N) is 1. The predicted octanol–water partition coefficient (Wildman–Crippen LogP) is 2.52. The fraction of sp³-hybridized carbons (Fsp3) is 0.462. The number of nitrogens with zero attached hydrogens (tertiary/aromatic N) is 1. The number of hydrogen-bond donors (Lipinski definition) is 1. The Balaban J connectivity index is 2.00. The number of aliphatic hydroxyl groups is 1. The van der Waals surface area contributed by atoms with E-state index in [0.717, 1.165) is 24.9 Å². The molecule has 98 valence electrons. The van der Waals surface area contributed by atoms with E-state index in [-0.39, 0.29) is 5.91 Å². The summed E-state index contributed by atoms with van der Waals surface area (Å²) in [5.41, 5.74) is 0.842. The molecule has 5 heteroatoms. The number of benzene rings is 1. The van der Waals surface area contributed by atoms with Gasteiger partial charge in [-0.15, -0.1) is 0 Å². The normalized spacial score (nSPS) is 19.9. The van der Waals surface area contributed by atoms with E-state index in [0.29, 0.717) is 23.0 Å². The maximum Gasteiger partial charge on any atom is 0.227 e. The van der Waals surface area contributed by atoms with E-state index in [2.05, 4.69) is 0 Å². The summed E-state index contributed by atoms with van der Waals surface area (Å²) in [6.07, 6.45) is 1.53. The van der Waals surface area contributed by atoms with Crippen molar-refractivity contribution < 1.29 is 9.90 Å². The number of carbonyl (C=O) groups is 1. The number of likely N-dealkylation sites (tertiary alicyclic amines) is 1. The first-order chi connectivity index (χ1) is 8.56. The number of rotatable bonds is 2. The summed E-state index contributed by atoms with van der Waals surface area (Å²) < 4.78 is 0. The lowest BCUT2D eigenvalue weighted by atomic mass is 10.1. The van der Waals surface area contributed by atoms with Gasteiger partial charge in [0.2, 0.25) is 5.91 Å². The average Bonchev–Trinajstić information content (AvgIpc) is 2.34. The molecule has 1 fully saturated rings. The van der Waals surface area contributed by atoms with Crippen LogP contribution < -0.4 is 0 Å². The first-order valence-corrected chi connectivity index (χ1v) is 6.71. The predicted molar refractivity (Wildman–Crippen MR) is 72.0 cm³/mol. The van der Waals surface area contributed by atoms with Crippen molar-refractivity contribution in [3.05, 3.63) is 33.8 Å². The van der Waals surface area contributed by atoms with E-state index in [1.807, 2.05) is 0 Å². The van der Waals surface area contributed by atoms with Gasteiger partial charge in [-0.3, -0.25) is 4.79 Å². The highest BCUT2D eigenvalue weighted by molar-refractivity contribution is 6.42. The third-order valence-corrected chi connectivity index (χ3v) is 3.83. The summed E-state index contributed by atoms with van der Waals surface area (Å²) in [6.45, 7) is 1.15. The Kier molecular flexibility index (Phi) is 4.49. The van der Waals surface area contributed by atoms with Gasteiger partial charge in [0.15, 0.2) is 0 Å². The highest BCUT2D eigenvalue weighted by Gasteiger charge is 2.22. The number of piperidine rings is 1. The van der Waals surface area contributed by atoms with Crippen molar-refractivity contribution in [2.45, 2.75) is 25.4 Å². The van der Waals surface area contributed by atoms with Crippen LogP contribution in [0.3, 0.4) is 0 Å². The van der Waals surface area contributed by atoms with E-state index < -0.39 is 6.10 Å². The van der Waals surface area contributed by atoms with Crippen LogP contribution in [-0.2, 0) is 11.2 Å². The fourth-order valence-electron chi connectivity index (χ4n) is 2.12. The molecule has 1 amide bonds. The van der Waals surface area contributed by atoms with Crippen LogP contribution in [-0.4, -0.2) is 35.1 Å². The van der Waals surface area contributed by atoms with Crippen LogP contribution in [0.2, 0.25) is 10.0 Å². The minimum atomic E-state index is -0.392. The standard InChI is InChI=1S/C13H15Cl2NO2/c14-11-4-3-9(6-12(11)15)7-13(18)16-5-1-2-10(17)8-16/h3-4,6,10,17H,1-2,5,7-8H2/t10-/m0/s1. The SMILES string of the molecule is O=C(Cc1ccc(Cl)c(Cl)c1)N1CCC[C@H](O)C1. The minimum absolute atomic E-state index is 0.0205. The zero-order valence-corrected chi connectivity index (χ0v) is 11.4. The van der Waals surface area contributed by atoms with E-state index in [4.69, 9.17) is 23.2 Å². The van der Waals surface area contributed by atoms with Crippen molar-refractivity contribution in [1.29, 1.82) is 0 Å². The molecule has 1 atom stereocenters. The Morgan fingerprint density at radius 3 is 2.83 bits per heavy atom. The molecule has 0 saturated carbocycles. The minimum Gasteiger partial charge on any atom is -0.391 e. The van der Waals surface area contributed by atoms with Crippen LogP contribution in [0.15, 0.2) is 18.2 Å². The lowest BCUT2D eigenvalue weighted by Crippen LogP contribution is -2.42. The van der Waals surface area contributed by atoms with Gasteiger partial charge in [0.1, 0.15) is 0 Å². The fourth-order valence-corrected chi connectivity index (χ4v) is 2.44. The summed E-state index contributed by atoms with van der Waals surface area (Å²) in [5.74, 6) is 0.0205. The number of amides is 1. The van der Waals surface area contributed by atoms with E-state index in [1.165, 1.54) is 0 Å². The third-order valence-electron chi connectivity index (χ3n) is 3.09. The van der Waals surface area contributed by atoms with Gasteiger partial charge in [-0.05, 0) is 30.5 Å². The van der Waals surface area contributed by atoms with Crippen molar-refractivity contribution in [2.75, 3.05) is 13.1 Å². The molecule has 0 unspecified atom stereocenters. The van der Waals surface area contributed by atoms with Gasteiger partial charge in [-0.2, -0.15) is 0 Å². The Labute approximate surface area is 116 Å². The van der Waals surface area contributed by atoms with E-state index in [1.54, 1.807) is 23.1 Å². The maximum atomic E-state index is 12.0. The molecular weight excluding hydrogens is 273 g/mol. The summed E-state index contributed by atoms with van der Waals surface area (Å²) in [4.78, 5) is 13.8. The van der Waals surface area contributed by atoms with Crippen molar-refractivity contribution in [3.63, 3.8) is 0 Å². The molecule has 0 bridgehead atoms. The Morgan fingerprint density at radius 2 is 2.17 bits per heavy atom. The molecule has 1 N–H and O–H groups in total. The second-order valence-corrected chi connectivity index (χ2v) is 5.38. The van der Waals surface area contributed by atoms with E-state index >= 15 is 0 Å². The molecule has 1 aliphatic rings. The summed E-state index contributed by atoms with van der Waals surface area (Å²) in [5, 5.41) is 10.5. The monoisotopic (exact) mass is 287 g/mol. The topological polar surface area (TPSA) is 40.5 Å². The smallest absolute Gasteiger partial charge is 0.227 e. The van der Waals surface area contributed by atoms with Gasteiger partial charge in [-0.1, -0.05) is 29.3 Å². The molecule has 0 aliphatic carbocycles. The lowest BCUT2D eigenvalue weighted by Gasteiger charge is -2.30. The van der Waals surface area contributed by atoms with E-state index in [9.17, 15) is 9.90 Å². The average molecular weight is 288 g/mol. The van der Waals surface area contributed by atoms with Gasteiger partial charge in [0.25, 0.3) is 0 Å². The Bertz CT molecular complexity index is 451. The number of halogens is 2. The zero-order chi connectivity index (χ0) is 13.1. The summed E-state index contributed by atoms with van der Waals surface area (Å²) >= 11 is 11.7. The van der Waals surface area contributed by atoms with Gasteiger partial charge in [0, 0.05) is 13.1 Å². The van der Waals surface area contributed by atoms with Crippen LogP contribution in [0.1, 0.15) is 18.4 Å². The molecule has 1 aromatic rings. The lowest BCUT2D eigenvalue weighted by molar-refractivity contribution is -0.133. The Morgan fingerprint density at radius 1 is 1.39 bits per heavy atom. The molecule has 0 aromatic heterocycles. The third kappa shape index (κ3) is 3.37. The molecule has 0 spiro atoms. The number of hydrogen-bond acceptors (Lipinski definition) is 2. The molecule has 1 saturated heterocycles. The van der Waals surface area contributed by atoms with Crippen molar-refractivity contribution in [3.8, 4) is 0 Å². The van der Waals surface area contributed by atoms with Crippen molar-refractivity contribution in [1.82, 2.24) is 4.90 Å². The number of aliphatic hydroxyl groups excluding tert-OH is 1. The quantitative estimate of drug-likeness (QED) is 0.908. The van der Waals surface area contributed by atoms with Crippen LogP contribution in [0.5, 0.6) is 0 Å². The maximum absolute atomic E-state index is 12.0. The van der Waals surface area contributed by atoms with Gasteiger partial charge >= 0.3 is 0 Å². The van der Waals surface area contributed by atoms with Crippen LogP contribution in [0.4, 0.5) is 0 Å². The zero-order valence-electron chi connectivity index (χ0n) is 9.90. The summed E-state index contributed by atoms with van der Waals surface area (Å²) in [7, 11) is 0. The molecule has 1 aliphatic heterocycles. The number of carbonyl (C=O) groups excluding carboxylic acids is 1. The van der Waals surface area contributed by atoms with Crippen LogP contribution >= 0.6 is 23.2 Å². The van der Waals surface area contributed by atoms with Gasteiger partial charge in [-0.25, -0.2) is 0 Å². The summed E-state index contributed by atoms with van der Waals surface area (Å²) in [6, 6.07) is 5.20.